The molecule has 0 unspecified atom stereocenters. The summed E-state index contributed by atoms with van der Waals surface area (Å²) in [5.41, 5.74) is 6.61. The number of nitrogens with zero attached hydrogens (tertiary/aromatic N) is 2. The smallest absolute Gasteiger partial charge is 0.170 e. The van der Waals surface area contributed by atoms with E-state index in [4.69, 9.17) is 10.9 Å². The van der Waals surface area contributed by atoms with E-state index in [0.717, 1.165) is 6.54 Å². The minimum Gasteiger partial charge on any atom is -0.409 e. The molecular weight excluding hydrogens is 271 g/mol. The van der Waals surface area contributed by atoms with Crippen LogP contribution in [0.15, 0.2) is 23.4 Å². The molecule has 0 saturated heterocycles. The Morgan fingerprint density at radius 1 is 1.48 bits per heavy atom. The van der Waals surface area contributed by atoms with E-state index in [9.17, 15) is 4.39 Å². The number of amidine groups is 1. The van der Waals surface area contributed by atoms with E-state index >= 15 is 0 Å². The summed E-state index contributed by atoms with van der Waals surface area (Å²) in [5.74, 6) is -0.437. The summed E-state index contributed by atoms with van der Waals surface area (Å²) >= 11 is 0. The Kier molecular flexibility index (Phi) is 4.80. The minimum absolute atomic E-state index is 0.0885. The molecule has 4 N–H and O–H groups in total. The zero-order chi connectivity index (χ0) is 15.5. The predicted octanol–water partition coefficient (Wildman–Crippen LogP) is 1.49. The molecule has 1 saturated carbocycles. The van der Waals surface area contributed by atoms with Crippen molar-refractivity contribution in [1.82, 2.24) is 10.2 Å². The van der Waals surface area contributed by atoms with Crippen molar-refractivity contribution >= 4 is 5.84 Å². The second kappa shape index (κ2) is 6.41. The van der Waals surface area contributed by atoms with Crippen LogP contribution in [-0.4, -0.2) is 42.1 Å². The zero-order valence-corrected chi connectivity index (χ0v) is 12.6. The van der Waals surface area contributed by atoms with Crippen LogP contribution in [0.3, 0.4) is 0 Å². The van der Waals surface area contributed by atoms with Crippen molar-refractivity contribution in [2.75, 3.05) is 20.6 Å². The Morgan fingerprint density at radius 3 is 2.67 bits per heavy atom. The molecule has 0 atom stereocenters. The highest BCUT2D eigenvalue weighted by molar-refractivity contribution is 5.97. The molecule has 0 aromatic heterocycles. The highest BCUT2D eigenvalue weighted by Crippen LogP contribution is 2.35. The fourth-order valence-electron chi connectivity index (χ4n) is 2.70. The highest BCUT2D eigenvalue weighted by atomic mass is 19.1. The van der Waals surface area contributed by atoms with Crippen LogP contribution in [0.5, 0.6) is 0 Å². The van der Waals surface area contributed by atoms with Gasteiger partial charge in [0.1, 0.15) is 5.82 Å². The molecule has 1 fully saturated rings. The molecule has 1 aromatic carbocycles. The third-order valence-corrected chi connectivity index (χ3v) is 4.46. The molecule has 0 bridgehead atoms. The summed E-state index contributed by atoms with van der Waals surface area (Å²) in [6.07, 6.45) is 3.61. The molecule has 5 nitrogen and oxygen atoms in total. The SMILES string of the molecule is CN(C)C1(CNCc2ccc(/C(N)=N/O)cc2F)CCC1. The first-order valence-electron chi connectivity index (χ1n) is 7.13. The van der Waals surface area contributed by atoms with Gasteiger partial charge in [0.15, 0.2) is 5.84 Å². The number of hydrogen-bond donors (Lipinski definition) is 3. The largest absolute Gasteiger partial charge is 0.409 e. The van der Waals surface area contributed by atoms with Gasteiger partial charge in [-0.3, -0.25) is 0 Å². The lowest BCUT2D eigenvalue weighted by Gasteiger charge is -2.47. The predicted molar refractivity (Wildman–Crippen MR) is 80.9 cm³/mol. The van der Waals surface area contributed by atoms with E-state index < -0.39 is 0 Å². The molecule has 0 amide bonds. The van der Waals surface area contributed by atoms with Gasteiger partial charge in [-0.05, 0) is 39.4 Å². The van der Waals surface area contributed by atoms with Crippen LogP contribution in [0.1, 0.15) is 30.4 Å². The van der Waals surface area contributed by atoms with Crippen LogP contribution < -0.4 is 11.1 Å². The lowest BCUT2D eigenvalue weighted by molar-refractivity contribution is 0.0597. The molecule has 0 aliphatic heterocycles. The molecule has 0 heterocycles. The number of nitrogens with two attached hydrogens (primary N) is 1. The summed E-state index contributed by atoms with van der Waals surface area (Å²) in [5, 5.41) is 14.8. The monoisotopic (exact) mass is 294 g/mol. The quantitative estimate of drug-likeness (QED) is 0.322. The first-order valence-corrected chi connectivity index (χ1v) is 7.13. The van der Waals surface area contributed by atoms with Gasteiger partial charge in [-0.15, -0.1) is 0 Å². The maximum absolute atomic E-state index is 14.0. The van der Waals surface area contributed by atoms with E-state index in [1.54, 1.807) is 12.1 Å². The van der Waals surface area contributed by atoms with E-state index in [1.165, 1.54) is 25.3 Å². The molecular formula is C15H23FN4O. The van der Waals surface area contributed by atoms with Gasteiger partial charge >= 0.3 is 0 Å². The van der Waals surface area contributed by atoms with Gasteiger partial charge in [-0.1, -0.05) is 17.3 Å². The number of hydrogen-bond acceptors (Lipinski definition) is 4. The maximum Gasteiger partial charge on any atom is 0.170 e. The van der Waals surface area contributed by atoms with Gasteiger partial charge in [0.2, 0.25) is 0 Å². The third kappa shape index (κ3) is 3.33. The van der Waals surface area contributed by atoms with Crippen LogP contribution >= 0.6 is 0 Å². The number of rotatable bonds is 6. The zero-order valence-electron chi connectivity index (χ0n) is 12.6. The van der Waals surface area contributed by atoms with Crippen molar-refractivity contribution in [3.63, 3.8) is 0 Å². The van der Waals surface area contributed by atoms with E-state index in [2.05, 4.69) is 29.5 Å². The highest BCUT2D eigenvalue weighted by Gasteiger charge is 2.38. The summed E-state index contributed by atoms with van der Waals surface area (Å²) in [7, 11) is 4.18. The van der Waals surface area contributed by atoms with Gasteiger partial charge < -0.3 is 21.2 Å². The number of likely N-dealkylation sites (N-methyl/N-ethyl adjacent to an activating group) is 1. The van der Waals surface area contributed by atoms with Crippen LogP contribution in [0.25, 0.3) is 0 Å². The van der Waals surface area contributed by atoms with E-state index in [1.807, 2.05) is 0 Å². The van der Waals surface area contributed by atoms with Crippen molar-refractivity contribution in [3.05, 3.63) is 35.1 Å². The molecule has 1 aliphatic carbocycles. The second-order valence-electron chi connectivity index (χ2n) is 5.87. The normalized spacial score (nSPS) is 17.8. The molecule has 0 radical (unpaired) electrons. The summed E-state index contributed by atoms with van der Waals surface area (Å²) < 4.78 is 14.0. The molecule has 1 aromatic rings. The fourth-order valence-corrected chi connectivity index (χ4v) is 2.70. The van der Waals surface area contributed by atoms with Crippen molar-refractivity contribution in [1.29, 1.82) is 0 Å². The minimum atomic E-state index is -0.348. The van der Waals surface area contributed by atoms with Crippen LogP contribution in [-0.2, 0) is 6.54 Å². The van der Waals surface area contributed by atoms with Gasteiger partial charge in [0, 0.05) is 29.8 Å². The number of oxime groups is 1. The van der Waals surface area contributed by atoms with Gasteiger partial charge in [-0.25, -0.2) is 4.39 Å². The average molecular weight is 294 g/mol. The van der Waals surface area contributed by atoms with E-state index in [0.29, 0.717) is 17.7 Å². The van der Waals surface area contributed by atoms with Crippen molar-refractivity contribution in [2.24, 2.45) is 10.9 Å². The van der Waals surface area contributed by atoms with Crippen molar-refractivity contribution in [3.8, 4) is 0 Å². The van der Waals surface area contributed by atoms with Crippen molar-refractivity contribution < 1.29 is 9.60 Å². The maximum atomic E-state index is 14.0. The van der Waals surface area contributed by atoms with Gasteiger partial charge in [0.25, 0.3) is 0 Å². The Balaban J connectivity index is 1.95. The lowest BCUT2D eigenvalue weighted by atomic mass is 9.75. The molecule has 1 aliphatic rings. The standard InChI is InChI=1S/C15H23FN4O/c1-20(2)15(6-3-7-15)10-18-9-12-5-4-11(8-13(12)16)14(17)19-21/h4-5,8,18,21H,3,6-7,9-10H2,1-2H3,(H2,17,19). The Labute approximate surface area is 124 Å². The van der Waals surface area contributed by atoms with Crippen LogP contribution in [0.4, 0.5) is 4.39 Å². The first kappa shape index (κ1) is 15.7. The molecule has 116 valence electrons. The second-order valence-corrected chi connectivity index (χ2v) is 5.87. The van der Waals surface area contributed by atoms with Crippen LogP contribution in [0.2, 0.25) is 0 Å². The van der Waals surface area contributed by atoms with E-state index in [-0.39, 0.29) is 17.2 Å². The number of halogens is 1. The third-order valence-electron chi connectivity index (χ3n) is 4.46. The Bertz CT molecular complexity index is 526. The fraction of sp³-hybridized carbons (Fsp3) is 0.533. The summed E-state index contributed by atoms with van der Waals surface area (Å²) in [6, 6.07) is 4.61. The van der Waals surface area contributed by atoms with Crippen LogP contribution in [0, 0.1) is 5.82 Å². The number of benzene rings is 1. The lowest BCUT2D eigenvalue weighted by Crippen LogP contribution is -2.56. The molecule has 6 heteroatoms. The molecule has 2 rings (SSSR count). The van der Waals surface area contributed by atoms with Gasteiger partial charge in [0.05, 0.1) is 0 Å². The van der Waals surface area contributed by atoms with Gasteiger partial charge in [-0.2, -0.15) is 0 Å². The first-order chi connectivity index (χ1) is 9.98. The summed E-state index contributed by atoms with van der Waals surface area (Å²) in [4.78, 5) is 2.25. The average Bonchev–Trinajstić information content (AvgIpc) is 2.41. The topological polar surface area (TPSA) is 73.9 Å². The number of nitrogens with one attached hydrogen (secondary N) is 1. The van der Waals surface area contributed by atoms with Crippen molar-refractivity contribution in [2.45, 2.75) is 31.3 Å². The Hall–Kier alpha value is -1.66. The Morgan fingerprint density at radius 2 is 2.19 bits per heavy atom. The molecule has 0 spiro atoms. The molecule has 21 heavy (non-hydrogen) atoms. The summed E-state index contributed by atoms with van der Waals surface area (Å²) in [6.45, 7) is 1.32.